The minimum Gasteiger partial charge on any atom is -0.340 e. The zero-order chi connectivity index (χ0) is 27.2. The van der Waals surface area contributed by atoms with Crippen molar-refractivity contribution in [3.05, 3.63) is 66.6 Å². The molecule has 1 aromatic heterocycles. The van der Waals surface area contributed by atoms with Crippen LogP contribution in [0.4, 0.5) is 27.5 Å². The van der Waals surface area contributed by atoms with Gasteiger partial charge in [-0.2, -0.15) is 9.29 Å². The molecule has 1 atom stereocenters. The molecule has 0 amide bonds. The average Bonchev–Trinajstić information content (AvgIpc) is 3.45. The van der Waals surface area contributed by atoms with Gasteiger partial charge in [-0.05, 0) is 113 Å². The molecule has 2 aliphatic heterocycles. The predicted molar refractivity (Wildman–Crippen MR) is 151 cm³/mol. The quantitative estimate of drug-likeness (QED) is 0.341. The maximum absolute atomic E-state index is 13.8. The molecule has 2 saturated heterocycles. The van der Waals surface area contributed by atoms with Crippen molar-refractivity contribution in [1.29, 1.82) is 0 Å². The average molecular weight is 554 g/mol. The molecular weight excluding hydrogens is 517 g/mol. The van der Waals surface area contributed by atoms with Gasteiger partial charge in [-0.25, -0.2) is 17.8 Å². The highest BCUT2D eigenvalue weighted by Gasteiger charge is 2.33. The minimum atomic E-state index is -3.65. The molecule has 0 bridgehead atoms. The highest BCUT2D eigenvalue weighted by Crippen LogP contribution is 2.27. The first kappa shape index (κ1) is 27.4. The second kappa shape index (κ2) is 12.4. The zero-order valence-electron chi connectivity index (χ0n) is 22.2. The molecule has 0 unspecified atom stereocenters. The fraction of sp³-hybridized carbons (Fsp3) is 0.429. The van der Waals surface area contributed by atoms with Gasteiger partial charge in [0.15, 0.2) is 0 Å². The van der Waals surface area contributed by atoms with Crippen molar-refractivity contribution >= 4 is 33.2 Å². The third kappa shape index (κ3) is 7.10. The number of anilines is 4. The van der Waals surface area contributed by atoms with Crippen LogP contribution in [0.15, 0.2) is 65.7 Å². The van der Waals surface area contributed by atoms with Crippen LogP contribution in [0.2, 0.25) is 0 Å². The molecule has 39 heavy (non-hydrogen) atoms. The third-order valence-electron chi connectivity index (χ3n) is 7.44. The van der Waals surface area contributed by atoms with Crippen LogP contribution in [0.1, 0.15) is 32.1 Å². The molecular formula is C28H36FN7O2S. The SMILES string of the molecule is CN1CCC(N(CC[C@H]2CCCN2)S(=O)(=O)c2ccc(Nc3nccc(Nc4ccc(F)cc4)n3)cc2)CC1. The monoisotopic (exact) mass is 553 g/mol. The first-order chi connectivity index (χ1) is 18.9. The molecule has 0 radical (unpaired) electrons. The van der Waals surface area contributed by atoms with Gasteiger partial charge in [0.05, 0.1) is 4.90 Å². The molecule has 2 aromatic carbocycles. The summed E-state index contributed by atoms with van der Waals surface area (Å²) < 4.78 is 42.6. The number of aromatic nitrogens is 2. The summed E-state index contributed by atoms with van der Waals surface area (Å²) in [6.07, 6.45) is 6.36. The maximum Gasteiger partial charge on any atom is 0.243 e. The van der Waals surface area contributed by atoms with Crippen LogP contribution >= 0.6 is 0 Å². The number of likely N-dealkylation sites (tertiary alicyclic amines) is 1. The van der Waals surface area contributed by atoms with Gasteiger partial charge < -0.3 is 20.9 Å². The van der Waals surface area contributed by atoms with E-state index in [9.17, 15) is 12.8 Å². The van der Waals surface area contributed by atoms with Gasteiger partial charge in [0.1, 0.15) is 11.6 Å². The normalized spacial score (nSPS) is 18.9. The lowest BCUT2D eigenvalue weighted by Gasteiger charge is -2.37. The van der Waals surface area contributed by atoms with Crippen molar-refractivity contribution in [2.45, 2.75) is 49.1 Å². The molecule has 208 valence electrons. The van der Waals surface area contributed by atoms with Crippen LogP contribution in [0.3, 0.4) is 0 Å². The number of hydrogen-bond donors (Lipinski definition) is 3. The Balaban J connectivity index is 1.28. The summed E-state index contributed by atoms with van der Waals surface area (Å²) in [6, 6.07) is 14.9. The molecule has 3 aromatic rings. The lowest BCUT2D eigenvalue weighted by atomic mass is 10.0. The van der Waals surface area contributed by atoms with Crippen LogP contribution in [0, 0.1) is 5.82 Å². The standard InChI is InChI=1S/C28H36FN7O2S/c1-35-18-14-25(15-19-35)36(20-13-22-3-2-16-30-22)39(37,38)26-10-8-24(9-11-26)33-28-31-17-12-27(34-28)32-23-6-4-21(29)5-7-23/h4-12,17,22,25,30H,2-3,13-16,18-20H2,1H3,(H2,31,32,33,34)/t22-/m1/s1. The fourth-order valence-corrected chi connectivity index (χ4v) is 6.91. The number of sulfonamides is 1. The molecule has 5 rings (SSSR count). The smallest absolute Gasteiger partial charge is 0.243 e. The molecule has 0 spiro atoms. The van der Waals surface area contributed by atoms with E-state index >= 15 is 0 Å². The molecule has 11 heteroatoms. The number of rotatable bonds is 10. The van der Waals surface area contributed by atoms with Gasteiger partial charge in [-0.15, -0.1) is 0 Å². The van der Waals surface area contributed by atoms with E-state index in [1.54, 1.807) is 53.0 Å². The van der Waals surface area contributed by atoms with Crippen molar-refractivity contribution in [3.8, 4) is 0 Å². The number of benzene rings is 2. The number of halogens is 1. The first-order valence-electron chi connectivity index (χ1n) is 13.5. The molecule has 2 aliphatic rings. The molecule has 2 fully saturated rings. The van der Waals surface area contributed by atoms with E-state index < -0.39 is 10.0 Å². The lowest BCUT2D eigenvalue weighted by Crippen LogP contribution is -2.47. The van der Waals surface area contributed by atoms with Crippen LogP contribution in [-0.4, -0.2) is 72.9 Å². The van der Waals surface area contributed by atoms with E-state index in [1.807, 2.05) is 0 Å². The van der Waals surface area contributed by atoms with Crippen LogP contribution in [-0.2, 0) is 10.0 Å². The molecule has 0 saturated carbocycles. The van der Waals surface area contributed by atoms with Crippen LogP contribution in [0.25, 0.3) is 0 Å². The van der Waals surface area contributed by atoms with E-state index in [4.69, 9.17) is 0 Å². The summed E-state index contributed by atoms with van der Waals surface area (Å²) >= 11 is 0. The zero-order valence-corrected chi connectivity index (χ0v) is 23.0. The van der Waals surface area contributed by atoms with E-state index in [2.05, 4.69) is 37.9 Å². The minimum absolute atomic E-state index is 0.00940. The predicted octanol–water partition coefficient (Wildman–Crippen LogP) is 4.33. The largest absolute Gasteiger partial charge is 0.340 e. The van der Waals surface area contributed by atoms with Crippen LogP contribution < -0.4 is 16.0 Å². The first-order valence-corrected chi connectivity index (χ1v) is 15.0. The Labute approximate surface area is 229 Å². The second-order valence-corrected chi connectivity index (χ2v) is 12.2. The number of hydrogen-bond acceptors (Lipinski definition) is 8. The highest BCUT2D eigenvalue weighted by atomic mass is 32.2. The highest BCUT2D eigenvalue weighted by molar-refractivity contribution is 7.89. The third-order valence-corrected chi connectivity index (χ3v) is 9.41. The Morgan fingerprint density at radius 1 is 1.00 bits per heavy atom. The molecule has 3 heterocycles. The van der Waals surface area contributed by atoms with E-state index in [-0.39, 0.29) is 11.9 Å². The molecule has 9 nitrogen and oxygen atoms in total. The van der Waals surface area contributed by atoms with Crippen molar-refractivity contribution in [3.63, 3.8) is 0 Å². The van der Waals surface area contributed by atoms with Crippen molar-refractivity contribution in [1.82, 2.24) is 24.5 Å². The van der Waals surface area contributed by atoms with Crippen LogP contribution in [0.5, 0.6) is 0 Å². The Bertz CT molecular complexity index is 1320. The summed E-state index contributed by atoms with van der Waals surface area (Å²) in [5.41, 5.74) is 1.38. The van der Waals surface area contributed by atoms with Gasteiger partial charge in [-0.3, -0.25) is 0 Å². The maximum atomic E-state index is 13.8. The summed E-state index contributed by atoms with van der Waals surface area (Å²) in [5, 5.41) is 9.74. The van der Waals surface area contributed by atoms with Crippen molar-refractivity contribution in [2.75, 3.05) is 43.9 Å². The van der Waals surface area contributed by atoms with Crippen molar-refractivity contribution < 1.29 is 12.8 Å². The Morgan fingerprint density at radius 2 is 1.69 bits per heavy atom. The van der Waals surface area contributed by atoms with Crippen molar-refractivity contribution in [2.24, 2.45) is 0 Å². The summed E-state index contributed by atoms with van der Waals surface area (Å²) in [5.74, 6) is 0.593. The van der Waals surface area contributed by atoms with Gasteiger partial charge in [0, 0.05) is 36.2 Å². The molecule has 0 aliphatic carbocycles. The second-order valence-electron chi connectivity index (χ2n) is 10.3. The van der Waals surface area contributed by atoms with Gasteiger partial charge in [0.2, 0.25) is 16.0 Å². The number of nitrogens with zero attached hydrogens (tertiary/aromatic N) is 4. The van der Waals surface area contributed by atoms with Gasteiger partial charge in [-0.1, -0.05) is 0 Å². The van der Waals surface area contributed by atoms with E-state index in [0.717, 1.165) is 51.7 Å². The van der Waals surface area contributed by atoms with E-state index in [1.165, 1.54) is 12.1 Å². The topological polar surface area (TPSA) is 102 Å². The summed E-state index contributed by atoms with van der Waals surface area (Å²) in [6.45, 7) is 3.33. The summed E-state index contributed by atoms with van der Waals surface area (Å²) in [7, 11) is -1.57. The Morgan fingerprint density at radius 3 is 2.38 bits per heavy atom. The number of piperidine rings is 1. The number of nitrogens with one attached hydrogen (secondary N) is 3. The summed E-state index contributed by atoms with van der Waals surface area (Å²) in [4.78, 5) is 11.3. The van der Waals surface area contributed by atoms with E-state index in [0.29, 0.717) is 40.6 Å². The van der Waals surface area contributed by atoms with Gasteiger partial charge >= 0.3 is 0 Å². The Kier molecular flexibility index (Phi) is 8.71. The Hall–Kier alpha value is -3.12. The van der Waals surface area contributed by atoms with Gasteiger partial charge in [0.25, 0.3) is 0 Å². The fourth-order valence-electron chi connectivity index (χ4n) is 5.21. The molecule has 3 N–H and O–H groups in total. The lowest BCUT2D eigenvalue weighted by molar-refractivity contribution is 0.179.